The van der Waals surface area contributed by atoms with E-state index in [-0.39, 0.29) is 0 Å². The molecule has 1 unspecified atom stereocenters. The smallest absolute Gasteiger partial charge is 0.0342 e. The number of rotatable bonds is 6. The maximum atomic E-state index is 3.78. The molecule has 0 aliphatic heterocycles. The number of nitrogens with zero attached hydrogens (tertiary/aromatic N) is 1. The molecule has 0 fully saturated rings. The molecule has 1 heteroatoms. The molecule has 0 bridgehead atoms. The maximum absolute atomic E-state index is 3.78. The van der Waals surface area contributed by atoms with Crippen LogP contribution in [0.3, 0.4) is 0 Å². The molecule has 0 heterocycles. The van der Waals surface area contributed by atoms with Crippen LogP contribution in [-0.4, -0.2) is 19.0 Å². The average Bonchev–Trinajstić information content (AvgIpc) is 2.30. The van der Waals surface area contributed by atoms with Crippen LogP contribution in [0.1, 0.15) is 43.4 Å². The van der Waals surface area contributed by atoms with E-state index >= 15 is 0 Å². The van der Waals surface area contributed by atoms with Crippen molar-refractivity contribution in [2.75, 3.05) is 14.1 Å². The predicted molar refractivity (Wildman–Crippen MR) is 72.5 cm³/mol. The van der Waals surface area contributed by atoms with Gasteiger partial charge in [-0.05, 0) is 31.6 Å². The van der Waals surface area contributed by atoms with E-state index in [4.69, 9.17) is 0 Å². The predicted octanol–water partition coefficient (Wildman–Crippen LogP) is 4.12. The van der Waals surface area contributed by atoms with Gasteiger partial charge in [-0.1, -0.05) is 56.7 Å². The van der Waals surface area contributed by atoms with Crippen molar-refractivity contribution in [2.24, 2.45) is 0 Å². The van der Waals surface area contributed by atoms with Crippen LogP contribution in [0.2, 0.25) is 0 Å². The van der Waals surface area contributed by atoms with Gasteiger partial charge >= 0.3 is 0 Å². The molecule has 0 aliphatic carbocycles. The van der Waals surface area contributed by atoms with Gasteiger partial charge in [0.25, 0.3) is 0 Å². The monoisotopic (exact) mass is 217 g/mol. The molecular weight excluding hydrogens is 194 g/mol. The van der Waals surface area contributed by atoms with Crippen LogP contribution in [0.5, 0.6) is 0 Å². The fourth-order valence-corrected chi connectivity index (χ4v) is 1.97. The quantitative estimate of drug-likeness (QED) is 0.692. The number of unbranched alkanes of at least 4 members (excludes halogenated alkanes) is 1. The molecule has 0 N–H and O–H groups in total. The fraction of sp³-hybridized carbons (Fsp3) is 0.467. The van der Waals surface area contributed by atoms with Crippen molar-refractivity contribution < 1.29 is 0 Å². The molecule has 1 atom stereocenters. The van der Waals surface area contributed by atoms with E-state index < -0.39 is 0 Å². The maximum Gasteiger partial charge on any atom is 0.0342 e. The zero-order valence-electron chi connectivity index (χ0n) is 10.7. The Bertz CT molecular complexity index is 311. The summed E-state index contributed by atoms with van der Waals surface area (Å²) in [6.07, 6.45) is 5.67. The lowest BCUT2D eigenvalue weighted by Crippen LogP contribution is -2.19. The van der Waals surface area contributed by atoms with Crippen LogP contribution >= 0.6 is 0 Å². The van der Waals surface area contributed by atoms with Crippen LogP contribution in [0.25, 0.3) is 6.08 Å². The second-order valence-electron chi connectivity index (χ2n) is 4.49. The molecule has 0 radical (unpaired) electrons. The van der Waals surface area contributed by atoms with E-state index in [0.717, 1.165) is 0 Å². The summed E-state index contributed by atoms with van der Waals surface area (Å²) in [5, 5.41) is 0. The van der Waals surface area contributed by atoms with Gasteiger partial charge in [0, 0.05) is 6.04 Å². The first-order valence-corrected chi connectivity index (χ1v) is 6.07. The van der Waals surface area contributed by atoms with Crippen molar-refractivity contribution in [1.82, 2.24) is 4.90 Å². The third kappa shape index (κ3) is 3.49. The summed E-state index contributed by atoms with van der Waals surface area (Å²) in [6.45, 7) is 6.02. The highest BCUT2D eigenvalue weighted by atomic mass is 15.1. The molecule has 88 valence electrons. The lowest BCUT2D eigenvalue weighted by Gasteiger charge is -2.24. The lowest BCUT2D eigenvalue weighted by molar-refractivity contribution is 0.278. The molecule has 1 aromatic rings. The molecular formula is C15H23N. The third-order valence-corrected chi connectivity index (χ3v) is 3.01. The van der Waals surface area contributed by atoms with E-state index in [0.29, 0.717) is 6.04 Å². The first kappa shape index (κ1) is 13.0. The first-order valence-electron chi connectivity index (χ1n) is 6.07. The van der Waals surface area contributed by atoms with Gasteiger partial charge < -0.3 is 4.90 Å². The van der Waals surface area contributed by atoms with Gasteiger partial charge in [0.2, 0.25) is 0 Å². The van der Waals surface area contributed by atoms with Crippen molar-refractivity contribution in [3.8, 4) is 0 Å². The second kappa shape index (κ2) is 6.49. The van der Waals surface area contributed by atoms with Gasteiger partial charge in [-0.25, -0.2) is 0 Å². The first-order chi connectivity index (χ1) is 7.69. The topological polar surface area (TPSA) is 3.24 Å². The van der Waals surface area contributed by atoms with Gasteiger partial charge in [0.1, 0.15) is 0 Å². The molecule has 0 aliphatic rings. The Kier molecular flexibility index (Phi) is 5.27. The van der Waals surface area contributed by atoms with Gasteiger partial charge in [-0.15, -0.1) is 0 Å². The van der Waals surface area contributed by atoms with E-state index in [9.17, 15) is 0 Å². The number of benzene rings is 1. The Labute approximate surface area is 99.8 Å². The van der Waals surface area contributed by atoms with Crippen LogP contribution in [0.4, 0.5) is 0 Å². The summed E-state index contributed by atoms with van der Waals surface area (Å²) in [5.41, 5.74) is 2.60. The third-order valence-electron chi connectivity index (χ3n) is 3.01. The Morgan fingerprint density at radius 2 is 1.88 bits per heavy atom. The van der Waals surface area contributed by atoms with Gasteiger partial charge in [0.15, 0.2) is 0 Å². The second-order valence-corrected chi connectivity index (χ2v) is 4.49. The van der Waals surface area contributed by atoms with Gasteiger partial charge in [0.05, 0.1) is 0 Å². The van der Waals surface area contributed by atoms with Gasteiger partial charge in [-0.3, -0.25) is 0 Å². The highest BCUT2D eigenvalue weighted by Crippen LogP contribution is 2.24. The summed E-state index contributed by atoms with van der Waals surface area (Å²) in [4.78, 5) is 2.30. The van der Waals surface area contributed by atoms with Crippen molar-refractivity contribution in [2.45, 2.75) is 32.2 Å². The van der Waals surface area contributed by atoms with Crippen LogP contribution in [0.15, 0.2) is 30.8 Å². The van der Waals surface area contributed by atoms with Gasteiger partial charge in [-0.2, -0.15) is 0 Å². The number of hydrogen-bond acceptors (Lipinski definition) is 1. The Morgan fingerprint density at radius 1 is 1.25 bits per heavy atom. The summed E-state index contributed by atoms with van der Waals surface area (Å²) in [6, 6.07) is 9.27. The zero-order valence-corrected chi connectivity index (χ0v) is 10.7. The average molecular weight is 217 g/mol. The standard InChI is InChI=1S/C15H23N/c1-5-7-8-15(16(3)4)14-11-9-13(6-2)10-12-14/h6,9-12,15H,2,5,7-8H2,1,3-4H3. The van der Waals surface area contributed by atoms with E-state index in [2.05, 4.69) is 56.8 Å². The molecule has 0 spiro atoms. The summed E-state index contributed by atoms with van der Waals surface area (Å²) in [5.74, 6) is 0. The zero-order chi connectivity index (χ0) is 12.0. The summed E-state index contributed by atoms with van der Waals surface area (Å²) < 4.78 is 0. The molecule has 0 saturated heterocycles. The normalized spacial score (nSPS) is 12.8. The van der Waals surface area contributed by atoms with Crippen molar-refractivity contribution in [3.63, 3.8) is 0 Å². The van der Waals surface area contributed by atoms with E-state index in [1.54, 1.807) is 0 Å². The largest absolute Gasteiger partial charge is 0.302 e. The minimum Gasteiger partial charge on any atom is -0.302 e. The Morgan fingerprint density at radius 3 is 2.31 bits per heavy atom. The summed E-state index contributed by atoms with van der Waals surface area (Å²) >= 11 is 0. The van der Waals surface area contributed by atoms with Crippen molar-refractivity contribution in [3.05, 3.63) is 42.0 Å². The molecule has 1 nitrogen and oxygen atoms in total. The number of hydrogen-bond donors (Lipinski definition) is 0. The SMILES string of the molecule is C=Cc1ccc(C(CCCC)N(C)C)cc1. The molecule has 0 amide bonds. The van der Waals surface area contributed by atoms with Crippen molar-refractivity contribution in [1.29, 1.82) is 0 Å². The molecule has 16 heavy (non-hydrogen) atoms. The fourth-order valence-electron chi connectivity index (χ4n) is 1.97. The Balaban J connectivity index is 2.79. The minimum absolute atomic E-state index is 0.541. The highest BCUT2D eigenvalue weighted by Gasteiger charge is 2.12. The molecule has 0 aromatic heterocycles. The van der Waals surface area contributed by atoms with Crippen LogP contribution in [-0.2, 0) is 0 Å². The lowest BCUT2D eigenvalue weighted by atomic mass is 9.99. The minimum atomic E-state index is 0.541. The summed E-state index contributed by atoms with van der Waals surface area (Å²) in [7, 11) is 4.31. The molecule has 1 aromatic carbocycles. The van der Waals surface area contributed by atoms with Crippen molar-refractivity contribution >= 4 is 6.08 Å². The molecule has 0 saturated carbocycles. The van der Waals surface area contributed by atoms with E-state index in [1.807, 2.05) is 6.08 Å². The van der Waals surface area contributed by atoms with Crippen LogP contribution in [0, 0.1) is 0 Å². The van der Waals surface area contributed by atoms with Crippen LogP contribution < -0.4 is 0 Å². The Hall–Kier alpha value is -1.08. The van der Waals surface area contributed by atoms with E-state index in [1.165, 1.54) is 30.4 Å². The molecule has 1 rings (SSSR count). The highest BCUT2D eigenvalue weighted by molar-refractivity contribution is 5.47.